The Kier molecular flexibility index (Phi) is 4.01. The van der Waals surface area contributed by atoms with Crippen molar-refractivity contribution in [3.63, 3.8) is 0 Å². The lowest BCUT2D eigenvalue weighted by Gasteiger charge is -2.40. The molecule has 2 aromatic rings. The number of fused-ring (bicyclic) bond motifs is 1. The van der Waals surface area contributed by atoms with Crippen LogP contribution >= 0.6 is 23.1 Å². The Morgan fingerprint density at radius 1 is 1.10 bits per heavy atom. The number of hydrogen-bond donors (Lipinski definition) is 0. The zero-order valence-corrected chi connectivity index (χ0v) is 13.7. The molecule has 0 saturated carbocycles. The first-order chi connectivity index (χ1) is 10.4. The van der Waals surface area contributed by atoms with Crippen molar-refractivity contribution in [3.8, 4) is 0 Å². The molecule has 0 unspecified atom stereocenters. The summed E-state index contributed by atoms with van der Waals surface area (Å²) in [6.45, 7) is 4.84. The Labute approximate surface area is 133 Å². The van der Waals surface area contributed by atoms with Gasteiger partial charge in [0, 0.05) is 49.9 Å². The maximum Gasteiger partial charge on any atom is 0.186 e. The summed E-state index contributed by atoms with van der Waals surface area (Å²) in [4.78, 5) is 14.1. The maximum absolute atomic E-state index is 4.74. The fourth-order valence-corrected chi connectivity index (χ4v) is 5.18. The van der Waals surface area contributed by atoms with Crippen LogP contribution in [0.4, 0.5) is 5.13 Å². The third-order valence-corrected chi connectivity index (χ3v) is 6.52. The maximum atomic E-state index is 4.74. The molecule has 0 amide bonds. The molecular formula is C15H20N4S2. The van der Waals surface area contributed by atoms with E-state index in [9.17, 15) is 0 Å². The lowest BCUT2D eigenvalue weighted by Crippen LogP contribution is -2.47. The van der Waals surface area contributed by atoms with Crippen LogP contribution in [0.1, 0.15) is 12.8 Å². The van der Waals surface area contributed by atoms with E-state index in [0.717, 1.165) is 24.6 Å². The highest BCUT2D eigenvalue weighted by atomic mass is 32.2. The third-order valence-electron chi connectivity index (χ3n) is 4.48. The molecule has 0 radical (unpaired) electrons. The predicted molar refractivity (Wildman–Crippen MR) is 91.5 cm³/mol. The van der Waals surface area contributed by atoms with Gasteiger partial charge in [0.15, 0.2) is 5.13 Å². The lowest BCUT2D eigenvalue weighted by atomic mass is 10.0. The molecule has 112 valence electrons. The SMILES string of the molecule is c1cc2sc(N3CCC(N4CCSCC4)CC3)nc2cn1. The smallest absolute Gasteiger partial charge is 0.186 e. The van der Waals surface area contributed by atoms with Crippen LogP contribution in [0.15, 0.2) is 18.5 Å². The van der Waals surface area contributed by atoms with Crippen LogP contribution in [0.5, 0.6) is 0 Å². The minimum absolute atomic E-state index is 0.790. The first-order valence-corrected chi connectivity index (χ1v) is 9.64. The van der Waals surface area contributed by atoms with Crippen LogP contribution in [0.3, 0.4) is 0 Å². The van der Waals surface area contributed by atoms with Gasteiger partial charge in [-0.05, 0) is 18.9 Å². The van der Waals surface area contributed by atoms with Crippen molar-refractivity contribution in [2.24, 2.45) is 0 Å². The van der Waals surface area contributed by atoms with Crippen LogP contribution in [0.25, 0.3) is 10.2 Å². The summed E-state index contributed by atoms with van der Waals surface area (Å²) in [6.07, 6.45) is 6.27. The van der Waals surface area contributed by atoms with Crippen molar-refractivity contribution in [2.45, 2.75) is 18.9 Å². The highest BCUT2D eigenvalue weighted by Gasteiger charge is 2.26. The fraction of sp³-hybridized carbons (Fsp3) is 0.600. The second kappa shape index (κ2) is 6.10. The molecule has 4 rings (SSSR count). The summed E-state index contributed by atoms with van der Waals surface area (Å²) in [5, 5.41) is 1.17. The number of aromatic nitrogens is 2. The summed E-state index contributed by atoms with van der Waals surface area (Å²) < 4.78 is 1.25. The van der Waals surface area contributed by atoms with Gasteiger partial charge in [-0.3, -0.25) is 9.88 Å². The van der Waals surface area contributed by atoms with Gasteiger partial charge in [0.1, 0.15) is 5.52 Å². The van der Waals surface area contributed by atoms with Crippen molar-refractivity contribution in [2.75, 3.05) is 42.6 Å². The molecule has 4 nitrogen and oxygen atoms in total. The van der Waals surface area contributed by atoms with Crippen molar-refractivity contribution in [3.05, 3.63) is 18.5 Å². The molecule has 0 atom stereocenters. The average Bonchev–Trinajstić information content (AvgIpc) is 3.00. The minimum Gasteiger partial charge on any atom is -0.348 e. The lowest BCUT2D eigenvalue weighted by molar-refractivity contribution is 0.186. The van der Waals surface area contributed by atoms with E-state index < -0.39 is 0 Å². The number of rotatable bonds is 2. The normalized spacial score (nSPS) is 22.0. The third kappa shape index (κ3) is 2.89. The summed E-state index contributed by atoms with van der Waals surface area (Å²) in [5.41, 5.74) is 1.03. The molecule has 2 aromatic heterocycles. The summed E-state index contributed by atoms with van der Waals surface area (Å²) in [6, 6.07) is 2.85. The van der Waals surface area contributed by atoms with E-state index in [0.29, 0.717) is 0 Å². The quantitative estimate of drug-likeness (QED) is 0.849. The van der Waals surface area contributed by atoms with Crippen LogP contribution in [-0.4, -0.2) is 58.6 Å². The van der Waals surface area contributed by atoms with Gasteiger partial charge >= 0.3 is 0 Å². The largest absolute Gasteiger partial charge is 0.348 e. The molecular weight excluding hydrogens is 300 g/mol. The van der Waals surface area contributed by atoms with Crippen molar-refractivity contribution < 1.29 is 0 Å². The molecule has 2 aliphatic rings. The Morgan fingerprint density at radius 2 is 1.90 bits per heavy atom. The van der Waals surface area contributed by atoms with E-state index in [-0.39, 0.29) is 0 Å². The van der Waals surface area contributed by atoms with Gasteiger partial charge in [0.05, 0.1) is 10.9 Å². The first-order valence-electron chi connectivity index (χ1n) is 7.67. The number of pyridine rings is 1. The molecule has 2 aliphatic heterocycles. The Balaban J connectivity index is 1.42. The second-order valence-corrected chi connectivity index (χ2v) is 7.94. The number of nitrogens with zero attached hydrogens (tertiary/aromatic N) is 4. The van der Waals surface area contributed by atoms with Gasteiger partial charge in [0.25, 0.3) is 0 Å². The van der Waals surface area contributed by atoms with Crippen molar-refractivity contribution in [1.29, 1.82) is 0 Å². The molecule has 0 N–H and O–H groups in total. The Hall–Kier alpha value is -0.850. The first kappa shape index (κ1) is 13.8. The number of anilines is 1. The molecule has 4 heterocycles. The zero-order chi connectivity index (χ0) is 14.1. The van der Waals surface area contributed by atoms with Crippen LogP contribution in [0, 0.1) is 0 Å². The fourth-order valence-electron chi connectivity index (χ4n) is 3.27. The molecule has 0 aliphatic carbocycles. The van der Waals surface area contributed by atoms with Gasteiger partial charge in [0.2, 0.25) is 0 Å². The van der Waals surface area contributed by atoms with E-state index in [4.69, 9.17) is 4.98 Å². The molecule has 21 heavy (non-hydrogen) atoms. The van der Waals surface area contributed by atoms with Gasteiger partial charge in [-0.1, -0.05) is 11.3 Å². The number of thiazole rings is 1. The molecule has 2 fully saturated rings. The highest BCUT2D eigenvalue weighted by molar-refractivity contribution is 7.99. The van der Waals surface area contributed by atoms with Gasteiger partial charge in [-0.2, -0.15) is 11.8 Å². The number of piperidine rings is 1. The van der Waals surface area contributed by atoms with Crippen LogP contribution in [0.2, 0.25) is 0 Å². The van der Waals surface area contributed by atoms with Gasteiger partial charge in [-0.15, -0.1) is 0 Å². The standard InChI is InChI=1S/C15H20N4S2/c1-4-16-11-13-14(1)21-15(17-13)19-5-2-12(3-6-19)18-7-9-20-10-8-18/h1,4,11-12H,2-3,5-10H2. The van der Waals surface area contributed by atoms with Crippen LogP contribution in [-0.2, 0) is 0 Å². The predicted octanol–water partition coefficient (Wildman–Crippen LogP) is 2.71. The average molecular weight is 320 g/mol. The number of hydrogen-bond acceptors (Lipinski definition) is 6. The molecule has 0 bridgehead atoms. The highest BCUT2D eigenvalue weighted by Crippen LogP contribution is 2.31. The number of thioether (sulfide) groups is 1. The second-order valence-electron chi connectivity index (χ2n) is 5.71. The van der Waals surface area contributed by atoms with Gasteiger partial charge < -0.3 is 4.90 Å². The topological polar surface area (TPSA) is 32.3 Å². The Morgan fingerprint density at radius 3 is 2.67 bits per heavy atom. The van der Waals surface area contributed by atoms with E-state index in [1.807, 2.05) is 12.4 Å². The monoisotopic (exact) mass is 320 g/mol. The summed E-state index contributed by atoms with van der Waals surface area (Å²) >= 11 is 3.89. The summed E-state index contributed by atoms with van der Waals surface area (Å²) in [7, 11) is 0. The van der Waals surface area contributed by atoms with E-state index in [1.165, 1.54) is 47.3 Å². The Bertz CT molecular complexity index is 567. The van der Waals surface area contributed by atoms with Crippen molar-refractivity contribution in [1.82, 2.24) is 14.9 Å². The van der Waals surface area contributed by atoms with E-state index in [1.54, 1.807) is 11.3 Å². The van der Waals surface area contributed by atoms with Crippen LogP contribution < -0.4 is 4.90 Å². The molecule has 2 saturated heterocycles. The molecule has 0 spiro atoms. The summed E-state index contributed by atoms with van der Waals surface area (Å²) in [5.74, 6) is 2.62. The van der Waals surface area contributed by atoms with Gasteiger partial charge in [-0.25, -0.2) is 4.98 Å². The minimum atomic E-state index is 0.790. The van der Waals surface area contributed by atoms with E-state index >= 15 is 0 Å². The van der Waals surface area contributed by atoms with Crippen molar-refractivity contribution >= 4 is 38.4 Å². The molecule has 0 aromatic carbocycles. The molecule has 6 heteroatoms. The van der Waals surface area contributed by atoms with E-state index in [2.05, 4.69) is 32.6 Å². The zero-order valence-electron chi connectivity index (χ0n) is 12.1.